The van der Waals surface area contributed by atoms with E-state index in [0.29, 0.717) is 19.0 Å². The van der Waals surface area contributed by atoms with Gasteiger partial charge in [-0.15, -0.1) is 11.3 Å². The lowest BCUT2D eigenvalue weighted by Crippen LogP contribution is -2.50. The number of fused-ring (bicyclic) bond motifs is 2. The van der Waals surface area contributed by atoms with Crippen molar-refractivity contribution >= 4 is 17.2 Å². The molecule has 1 aromatic carbocycles. The van der Waals surface area contributed by atoms with Crippen LogP contribution in [-0.2, 0) is 24.2 Å². The zero-order chi connectivity index (χ0) is 20.4. The molecule has 30 heavy (non-hydrogen) atoms. The summed E-state index contributed by atoms with van der Waals surface area (Å²) < 4.78 is 0. The lowest BCUT2D eigenvalue weighted by molar-refractivity contribution is -0.133. The van der Waals surface area contributed by atoms with Crippen molar-refractivity contribution in [1.29, 1.82) is 0 Å². The van der Waals surface area contributed by atoms with Crippen LogP contribution in [0.5, 0.6) is 0 Å². The first-order valence-electron chi connectivity index (χ1n) is 10.7. The number of amides is 1. The number of thiazole rings is 1. The third-order valence-electron chi connectivity index (χ3n) is 6.76. The number of carbonyl (C=O) groups excluding carboxylic acids is 1. The van der Waals surface area contributed by atoms with Gasteiger partial charge in [-0.3, -0.25) is 9.69 Å². The fourth-order valence-corrected chi connectivity index (χ4v) is 5.97. The van der Waals surface area contributed by atoms with E-state index in [1.165, 1.54) is 5.56 Å². The predicted molar refractivity (Wildman–Crippen MR) is 117 cm³/mol. The van der Waals surface area contributed by atoms with Crippen LogP contribution in [0.3, 0.4) is 0 Å². The smallest absolute Gasteiger partial charge is 0.228 e. The minimum absolute atomic E-state index is 0.188. The lowest BCUT2D eigenvalue weighted by atomic mass is 9.70. The normalized spacial score (nSPS) is 25.6. The van der Waals surface area contributed by atoms with Crippen molar-refractivity contribution in [1.82, 2.24) is 25.2 Å². The fourth-order valence-electron chi connectivity index (χ4n) is 5.42. The molecule has 3 atom stereocenters. The van der Waals surface area contributed by atoms with E-state index < -0.39 is 5.41 Å². The van der Waals surface area contributed by atoms with Crippen LogP contribution in [-0.4, -0.2) is 44.4 Å². The molecule has 0 aliphatic carbocycles. The largest absolute Gasteiger partial charge is 0.355 e. The first kappa shape index (κ1) is 19.5. The zero-order valence-electron chi connectivity index (χ0n) is 17.0. The van der Waals surface area contributed by atoms with E-state index >= 15 is 0 Å². The Kier molecular flexibility index (Phi) is 5.39. The number of nitrogens with zero attached hydrogens (tertiary/aromatic N) is 3. The number of imidazole rings is 1. The molecule has 2 bridgehead atoms. The number of nitrogens with one attached hydrogen (secondary N) is 2. The van der Waals surface area contributed by atoms with Gasteiger partial charge in [0.05, 0.1) is 22.9 Å². The van der Waals surface area contributed by atoms with Crippen LogP contribution >= 0.6 is 11.3 Å². The first-order valence-corrected chi connectivity index (χ1v) is 11.6. The van der Waals surface area contributed by atoms with Crippen LogP contribution in [0.25, 0.3) is 0 Å². The average molecular weight is 422 g/mol. The van der Waals surface area contributed by atoms with Gasteiger partial charge in [0, 0.05) is 48.9 Å². The summed E-state index contributed by atoms with van der Waals surface area (Å²) in [6.45, 7) is 1.49. The Labute approximate surface area is 180 Å². The van der Waals surface area contributed by atoms with Crippen LogP contribution in [0.2, 0.25) is 0 Å². The summed E-state index contributed by atoms with van der Waals surface area (Å²) in [7, 11) is 0. The van der Waals surface area contributed by atoms with Gasteiger partial charge in [0.1, 0.15) is 0 Å². The van der Waals surface area contributed by atoms with Gasteiger partial charge in [-0.25, -0.2) is 9.97 Å². The predicted octanol–water partition coefficient (Wildman–Crippen LogP) is 3.19. The van der Waals surface area contributed by atoms with Crippen molar-refractivity contribution in [2.45, 2.75) is 50.7 Å². The molecule has 2 aliphatic heterocycles. The number of aromatic nitrogens is 3. The number of hydrogen-bond donors (Lipinski definition) is 2. The lowest BCUT2D eigenvalue weighted by Gasteiger charge is -2.36. The standard InChI is InChI=1S/C23H27N5OS/c29-22(25-9-8-17-4-2-1-3-5-17)23(10-18-14-30-16-27-18)11-20-6-7-21(23)28(20)13-19-12-24-15-26-19/h1-5,12,14-16,20-21H,6-11,13H2,(H,24,26)(H,25,29)/t20-,21+,23+/m1/s1. The molecule has 156 valence electrons. The van der Waals surface area contributed by atoms with Crippen LogP contribution in [0.1, 0.15) is 36.2 Å². The molecule has 2 fully saturated rings. The molecule has 6 nitrogen and oxygen atoms in total. The number of carbonyl (C=O) groups is 1. The second kappa shape index (κ2) is 8.32. The van der Waals surface area contributed by atoms with Crippen molar-refractivity contribution in [3.05, 3.63) is 70.7 Å². The van der Waals surface area contributed by atoms with Crippen molar-refractivity contribution in [3.63, 3.8) is 0 Å². The molecule has 0 spiro atoms. The van der Waals surface area contributed by atoms with E-state index in [0.717, 1.165) is 43.6 Å². The van der Waals surface area contributed by atoms with Crippen molar-refractivity contribution < 1.29 is 4.79 Å². The van der Waals surface area contributed by atoms with Gasteiger partial charge in [-0.2, -0.15) is 0 Å². The number of H-pyrrole nitrogens is 1. The Morgan fingerprint density at radius 1 is 1.30 bits per heavy atom. The highest BCUT2D eigenvalue weighted by molar-refractivity contribution is 7.07. The minimum atomic E-state index is -0.409. The Bertz CT molecular complexity index is 959. The molecule has 7 heteroatoms. The van der Waals surface area contributed by atoms with Crippen LogP contribution in [0, 0.1) is 5.41 Å². The molecule has 2 aromatic heterocycles. The van der Waals surface area contributed by atoms with E-state index in [2.05, 4.69) is 42.7 Å². The molecule has 4 heterocycles. The third kappa shape index (κ3) is 3.68. The van der Waals surface area contributed by atoms with E-state index in [1.54, 1.807) is 17.7 Å². The zero-order valence-corrected chi connectivity index (χ0v) is 17.8. The van der Waals surface area contributed by atoms with Gasteiger partial charge in [-0.05, 0) is 31.2 Å². The second-order valence-corrected chi connectivity index (χ2v) is 9.22. The third-order valence-corrected chi connectivity index (χ3v) is 7.40. The number of rotatable bonds is 8. The Hall–Kier alpha value is -2.51. The summed E-state index contributed by atoms with van der Waals surface area (Å²) in [6.07, 6.45) is 8.32. The molecule has 1 amide bonds. The summed E-state index contributed by atoms with van der Waals surface area (Å²) >= 11 is 1.60. The van der Waals surface area contributed by atoms with Crippen LogP contribution < -0.4 is 5.32 Å². The highest BCUT2D eigenvalue weighted by Gasteiger charge is 2.59. The quantitative estimate of drug-likeness (QED) is 0.586. The van der Waals surface area contributed by atoms with Gasteiger partial charge in [-0.1, -0.05) is 30.3 Å². The van der Waals surface area contributed by atoms with Crippen molar-refractivity contribution in [2.75, 3.05) is 6.54 Å². The van der Waals surface area contributed by atoms with Crippen LogP contribution in [0.15, 0.2) is 53.7 Å². The molecule has 0 radical (unpaired) electrons. The highest BCUT2D eigenvalue weighted by Crippen LogP contribution is 2.52. The maximum atomic E-state index is 13.6. The summed E-state index contributed by atoms with van der Waals surface area (Å²) in [5, 5.41) is 5.37. The Morgan fingerprint density at radius 2 is 2.20 bits per heavy atom. The summed E-state index contributed by atoms with van der Waals surface area (Å²) in [5.41, 5.74) is 4.85. The maximum Gasteiger partial charge on any atom is 0.228 e. The summed E-state index contributed by atoms with van der Waals surface area (Å²) in [6, 6.07) is 11.0. The molecule has 0 saturated carbocycles. The number of aromatic amines is 1. The van der Waals surface area contributed by atoms with E-state index in [4.69, 9.17) is 0 Å². The number of benzene rings is 1. The van der Waals surface area contributed by atoms with Gasteiger partial charge in [0.15, 0.2) is 0 Å². The Balaban J connectivity index is 1.34. The van der Waals surface area contributed by atoms with Crippen molar-refractivity contribution in [3.8, 4) is 0 Å². The molecule has 0 unspecified atom stereocenters. The van der Waals surface area contributed by atoms with E-state index in [1.807, 2.05) is 29.9 Å². The van der Waals surface area contributed by atoms with Gasteiger partial charge in [0.25, 0.3) is 0 Å². The molecular weight excluding hydrogens is 394 g/mol. The van der Waals surface area contributed by atoms with Gasteiger partial charge < -0.3 is 10.3 Å². The number of hydrogen-bond acceptors (Lipinski definition) is 5. The molecule has 2 saturated heterocycles. The summed E-state index contributed by atoms with van der Waals surface area (Å²) in [5.74, 6) is 0.188. The maximum absolute atomic E-state index is 13.6. The van der Waals surface area contributed by atoms with Crippen molar-refractivity contribution in [2.24, 2.45) is 5.41 Å². The fraction of sp³-hybridized carbons (Fsp3) is 0.435. The summed E-state index contributed by atoms with van der Waals surface area (Å²) in [4.78, 5) is 28.1. The van der Waals surface area contributed by atoms with E-state index in [9.17, 15) is 4.79 Å². The minimum Gasteiger partial charge on any atom is -0.355 e. The molecule has 3 aromatic rings. The van der Waals surface area contributed by atoms with E-state index in [-0.39, 0.29) is 11.9 Å². The SMILES string of the molecule is O=C(NCCc1ccccc1)[C@@]1(Cc2cscn2)C[C@H]2CC[C@@H]1N2Cc1cnc[nH]1. The molecular formula is C23H27N5OS. The molecule has 2 N–H and O–H groups in total. The second-order valence-electron chi connectivity index (χ2n) is 8.50. The molecule has 2 aliphatic rings. The molecule has 5 rings (SSSR count). The average Bonchev–Trinajstić information content (AvgIpc) is 3.56. The van der Waals surface area contributed by atoms with Gasteiger partial charge in [0.2, 0.25) is 5.91 Å². The Morgan fingerprint density at radius 3 is 2.97 bits per heavy atom. The topological polar surface area (TPSA) is 73.9 Å². The highest BCUT2D eigenvalue weighted by atomic mass is 32.1. The van der Waals surface area contributed by atoms with Crippen LogP contribution in [0.4, 0.5) is 0 Å². The monoisotopic (exact) mass is 421 g/mol. The first-order chi connectivity index (χ1) is 14.7. The van der Waals surface area contributed by atoms with Gasteiger partial charge >= 0.3 is 0 Å².